The van der Waals surface area contributed by atoms with Crippen molar-refractivity contribution in [3.8, 4) is 0 Å². The molecule has 2 aromatic heterocycles. The predicted octanol–water partition coefficient (Wildman–Crippen LogP) is 3.14. The average molecular weight is 294 g/mol. The number of nitrogens with zero attached hydrogens (tertiary/aromatic N) is 3. The van der Waals surface area contributed by atoms with E-state index in [-0.39, 0.29) is 5.69 Å². The summed E-state index contributed by atoms with van der Waals surface area (Å²) in [5.74, 6) is -0.543. The molecule has 0 aliphatic rings. The first-order valence-electron chi connectivity index (χ1n) is 5.61. The van der Waals surface area contributed by atoms with Gasteiger partial charge in [0.25, 0.3) is 5.91 Å². The number of anilines is 1. The molecular weight excluding hydrogens is 286 g/mol. The summed E-state index contributed by atoms with van der Waals surface area (Å²) >= 11 is 1.49. The van der Waals surface area contributed by atoms with Gasteiger partial charge in [-0.05, 0) is 24.3 Å². The highest BCUT2D eigenvalue weighted by molar-refractivity contribution is 7.16. The molecule has 3 aromatic rings. The van der Waals surface area contributed by atoms with Crippen LogP contribution in [0.4, 0.5) is 14.5 Å². The number of carbonyl (C=O) groups is 1. The van der Waals surface area contributed by atoms with Crippen molar-refractivity contribution in [2.24, 2.45) is 0 Å². The zero-order valence-corrected chi connectivity index (χ0v) is 10.8. The minimum absolute atomic E-state index is 0.0660. The number of aromatic nitrogens is 3. The van der Waals surface area contributed by atoms with Gasteiger partial charge in [0.15, 0.2) is 5.69 Å². The largest absolute Gasteiger partial charge is 0.333 e. The van der Waals surface area contributed by atoms with Crippen LogP contribution in [0.5, 0.6) is 0 Å². The van der Waals surface area contributed by atoms with Gasteiger partial charge >= 0.3 is 6.55 Å². The fourth-order valence-corrected chi connectivity index (χ4v) is 2.36. The highest BCUT2D eigenvalue weighted by Gasteiger charge is 2.13. The maximum absolute atomic E-state index is 12.4. The Hall–Kier alpha value is -2.35. The molecule has 0 saturated heterocycles. The molecule has 1 amide bonds. The molecule has 0 atom stereocenters. The Balaban J connectivity index is 1.80. The first-order valence-corrected chi connectivity index (χ1v) is 6.49. The van der Waals surface area contributed by atoms with Gasteiger partial charge in [-0.3, -0.25) is 4.79 Å². The van der Waals surface area contributed by atoms with Crippen LogP contribution in [0, 0.1) is 0 Å². The van der Waals surface area contributed by atoms with E-state index in [1.54, 1.807) is 17.6 Å². The Morgan fingerprint density at radius 3 is 2.95 bits per heavy atom. The highest BCUT2D eigenvalue weighted by Crippen LogP contribution is 2.21. The van der Waals surface area contributed by atoms with Crippen molar-refractivity contribution in [1.29, 1.82) is 0 Å². The maximum Gasteiger partial charge on any atom is 0.333 e. The number of hydrogen-bond acceptors (Lipinski definition) is 4. The van der Waals surface area contributed by atoms with Crippen molar-refractivity contribution in [1.82, 2.24) is 14.8 Å². The van der Waals surface area contributed by atoms with Crippen LogP contribution in [0.15, 0.2) is 36.0 Å². The van der Waals surface area contributed by atoms with Gasteiger partial charge in [-0.2, -0.15) is 13.9 Å². The molecule has 5 nitrogen and oxygen atoms in total. The Morgan fingerprint density at radius 2 is 2.20 bits per heavy atom. The number of fused-ring (bicyclic) bond motifs is 1. The van der Waals surface area contributed by atoms with Gasteiger partial charge in [-0.25, -0.2) is 9.67 Å². The zero-order valence-electron chi connectivity index (χ0n) is 9.96. The number of benzene rings is 1. The lowest BCUT2D eigenvalue weighted by Gasteiger charge is -2.03. The van der Waals surface area contributed by atoms with Gasteiger partial charge in [0.05, 0.1) is 15.7 Å². The number of hydrogen-bond donors (Lipinski definition) is 1. The summed E-state index contributed by atoms with van der Waals surface area (Å²) in [6.07, 6.45) is 1.06. The summed E-state index contributed by atoms with van der Waals surface area (Å²) < 4.78 is 26.2. The molecule has 0 spiro atoms. The number of nitrogens with one attached hydrogen (secondary N) is 1. The topological polar surface area (TPSA) is 59.8 Å². The van der Waals surface area contributed by atoms with E-state index >= 15 is 0 Å². The van der Waals surface area contributed by atoms with E-state index in [0.29, 0.717) is 10.4 Å². The van der Waals surface area contributed by atoms with Crippen LogP contribution >= 0.6 is 11.3 Å². The van der Waals surface area contributed by atoms with Gasteiger partial charge in [-0.1, -0.05) is 0 Å². The molecule has 1 N–H and O–H groups in total. The molecule has 1 aromatic carbocycles. The predicted molar refractivity (Wildman–Crippen MR) is 71.1 cm³/mol. The number of thiazole rings is 1. The smallest absolute Gasteiger partial charge is 0.321 e. The second kappa shape index (κ2) is 4.97. The van der Waals surface area contributed by atoms with Crippen LogP contribution in [0.25, 0.3) is 10.2 Å². The van der Waals surface area contributed by atoms with Gasteiger partial charge < -0.3 is 5.32 Å². The van der Waals surface area contributed by atoms with Crippen LogP contribution in [0.3, 0.4) is 0 Å². The van der Waals surface area contributed by atoms with Gasteiger partial charge in [-0.15, -0.1) is 11.3 Å². The number of rotatable bonds is 3. The quantitative estimate of drug-likeness (QED) is 0.807. The summed E-state index contributed by atoms with van der Waals surface area (Å²) in [7, 11) is 0. The number of amides is 1. The fraction of sp³-hybridized carbons (Fsp3) is 0.0833. The summed E-state index contributed by atoms with van der Waals surface area (Å²) in [5, 5.41) is 6.10. The lowest BCUT2D eigenvalue weighted by atomic mass is 10.3. The molecule has 0 radical (unpaired) electrons. The van der Waals surface area contributed by atoms with Crippen LogP contribution < -0.4 is 5.32 Å². The van der Waals surface area contributed by atoms with E-state index < -0.39 is 12.5 Å². The van der Waals surface area contributed by atoms with Gasteiger partial charge in [0, 0.05) is 11.9 Å². The summed E-state index contributed by atoms with van der Waals surface area (Å²) in [4.78, 5) is 16.0. The Bertz CT molecular complexity index is 768. The van der Waals surface area contributed by atoms with Gasteiger partial charge in [0.2, 0.25) is 0 Å². The molecule has 102 valence electrons. The van der Waals surface area contributed by atoms with Crippen molar-refractivity contribution in [3.63, 3.8) is 0 Å². The molecule has 0 unspecified atom stereocenters. The van der Waals surface area contributed by atoms with Crippen LogP contribution in [0.2, 0.25) is 0 Å². The molecule has 0 aliphatic heterocycles. The molecule has 0 saturated carbocycles. The zero-order chi connectivity index (χ0) is 14.1. The molecule has 2 heterocycles. The van der Waals surface area contributed by atoms with Crippen molar-refractivity contribution in [3.05, 3.63) is 41.7 Å². The lowest BCUT2D eigenvalue weighted by Crippen LogP contribution is -2.13. The molecule has 0 bridgehead atoms. The molecular formula is C12H8F2N4OS. The van der Waals surface area contributed by atoms with E-state index in [4.69, 9.17) is 0 Å². The van der Waals surface area contributed by atoms with Crippen molar-refractivity contribution < 1.29 is 13.6 Å². The summed E-state index contributed by atoms with van der Waals surface area (Å²) in [6.45, 7) is -2.76. The normalized spacial score (nSPS) is 11.2. The maximum atomic E-state index is 12.4. The first-order chi connectivity index (χ1) is 9.63. The number of alkyl halides is 2. The molecule has 0 fully saturated rings. The third-order valence-corrected chi connectivity index (χ3v) is 3.44. The summed E-state index contributed by atoms with van der Waals surface area (Å²) in [5.41, 5.74) is 2.95. The van der Waals surface area contributed by atoms with Crippen molar-refractivity contribution in [2.75, 3.05) is 5.32 Å². The number of halogens is 2. The molecule has 3 rings (SSSR count). The standard InChI is InChI=1S/C12H8F2N4OS/c13-12(14)18-4-3-8(17-18)11(19)16-7-1-2-10-9(5-7)15-6-20-10/h1-6,12H,(H,16,19). The van der Waals surface area contributed by atoms with Crippen molar-refractivity contribution >= 4 is 33.1 Å². The van der Waals surface area contributed by atoms with E-state index in [0.717, 1.165) is 16.4 Å². The van der Waals surface area contributed by atoms with Crippen LogP contribution in [-0.2, 0) is 0 Å². The summed E-state index contributed by atoms with van der Waals surface area (Å²) in [6, 6.07) is 6.51. The second-order valence-electron chi connectivity index (χ2n) is 3.95. The molecule has 8 heteroatoms. The Morgan fingerprint density at radius 1 is 1.35 bits per heavy atom. The molecule has 20 heavy (non-hydrogen) atoms. The van der Waals surface area contributed by atoms with Crippen LogP contribution in [-0.4, -0.2) is 20.7 Å². The van der Waals surface area contributed by atoms with E-state index in [9.17, 15) is 13.6 Å². The Kier molecular flexibility index (Phi) is 3.15. The minimum atomic E-state index is -2.76. The SMILES string of the molecule is O=C(Nc1ccc2scnc2c1)c1ccn(C(F)F)n1. The van der Waals surface area contributed by atoms with Crippen molar-refractivity contribution in [2.45, 2.75) is 6.55 Å². The minimum Gasteiger partial charge on any atom is -0.321 e. The fourth-order valence-electron chi connectivity index (χ4n) is 1.70. The Labute approximate surface area is 115 Å². The third kappa shape index (κ3) is 2.37. The van der Waals surface area contributed by atoms with E-state index in [1.165, 1.54) is 17.4 Å². The molecule has 0 aliphatic carbocycles. The average Bonchev–Trinajstić information content (AvgIpc) is 3.07. The monoisotopic (exact) mass is 294 g/mol. The lowest BCUT2D eigenvalue weighted by molar-refractivity contribution is 0.0561. The highest BCUT2D eigenvalue weighted by atomic mass is 32.1. The number of carbonyl (C=O) groups excluding carboxylic acids is 1. The van der Waals surface area contributed by atoms with E-state index in [1.807, 2.05) is 6.07 Å². The van der Waals surface area contributed by atoms with Crippen LogP contribution in [0.1, 0.15) is 17.0 Å². The third-order valence-electron chi connectivity index (χ3n) is 2.63. The van der Waals surface area contributed by atoms with E-state index in [2.05, 4.69) is 15.4 Å². The second-order valence-corrected chi connectivity index (χ2v) is 4.83. The first kappa shape index (κ1) is 12.7. The van der Waals surface area contributed by atoms with Gasteiger partial charge in [0.1, 0.15) is 0 Å².